The summed E-state index contributed by atoms with van der Waals surface area (Å²) in [6.45, 7) is 9.15. The fourth-order valence-corrected chi connectivity index (χ4v) is 4.15. The molecule has 2 heteroatoms. The van der Waals surface area contributed by atoms with E-state index in [9.17, 15) is 0 Å². The van der Waals surface area contributed by atoms with Gasteiger partial charge >= 0.3 is 0 Å². The minimum Gasteiger partial charge on any atom is -0.260 e. The van der Waals surface area contributed by atoms with Crippen molar-refractivity contribution < 1.29 is 0 Å². The van der Waals surface area contributed by atoms with Crippen LogP contribution in [0.3, 0.4) is 0 Å². The van der Waals surface area contributed by atoms with Gasteiger partial charge in [-0.3, -0.25) is 9.97 Å². The predicted molar refractivity (Wildman–Crippen MR) is 98.2 cm³/mol. The van der Waals surface area contributed by atoms with Gasteiger partial charge in [0.05, 0.1) is 11.4 Å². The van der Waals surface area contributed by atoms with E-state index in [1.165, 1.54) is 27.9 Å². The molecule has 2 nitrogen and oxygen atoms in total. The molecule has 0 spiro atoms. The van der Waals surface area contributed by atoms with E-state index in [2.05, 4.69) is 69.1 Å². The second kappa shape index (κ2) is 5.01. The molecule has 0 saturated heterocycles. The summed E-state index contributed by atoms with van der Waals surface area (Å²) in [4.78, 5) is 9.39. The van der Waals surface area contributed by atoms with Gasteiger partial charge in [0.1, 0.15) is 0 Å². The van der Waals surface area contributed by atoms with Gasteiger partial charge in [0, 0.05) is 28.8 Å². The zero-order valence-corrected chi connectivity index (χ0v) is 14.7. The van der Waals surface area contributed by atoms with Crippen molar-refractivity contribution in [2.45, 2.75) is 38.5 Å². The smallest absolute Gasteiger partial charge is 0.0705 e. The zero-order chi connectivity index (χ0) is 16.9. The third-order valence-electron chi connectivity index (χ3n) is 5.38. The van der Waals surface area contributed by atoms with Crippen LogP contribution < -0.4 is 0 Å². The molecule has 0 aliphatic heterocycles. The van der Waals surface area contributed by atoms with E-state index in [0.29, 0.717) is 0 Å². The van der Waals surface area contributed by atoms with Crippen LogP contribution in [0.25, 0.3) is 11.3 Å². The van der Waals surface area contributed by atoms with E-state index >= 15 is 0 Å². The molecule has 0 atom stereocenters. The van der Waals surface area contributed by atoms with Gasteiger partial charge in [-0.15, -0.1) is 0 Å². The van der Waals surface area contributed by atoms with Crippen LogP contribution in [0.1, 0.15) is 50.1 Å². The third kappa shape index (κ3) is 1.96. The van der Waals surface area contributed by atoms with Crippen molar-refractivity contribution in [2.24, 2.45) is 0 Å². The Morgan fingerprint density at radius 3 is 2.17 bits per heavy atom. The van der Waals surface area contributed by atoms with Crippen molar-refractivity contribution in [3.05, 3.63) is 83.3 Å². The second-order valence-electron chi connectivity index (χ2n) is 7.59. The first-order valence-electron chi connectivity index (χ1n) is 8.45. The van der Waals surface area contributed by atoms with Crippen molar-refractivity contribution in [3.63, 3.8) is 0 Å². The first-order valence-corrected chi connectivity index (χ1v) is 8.45. The van der Waals surface area contributed by atoms with Crippen LogP contribution in [-0.2, 0) is 10.8 Å². The topological polar surface area (TPSA) is 25.8 Å². The molecule has 0 unspecified atom stereocenters. The molecule has 0 radical (unpaired) electrons. The summed E-state index contributed by atoms with van der Waals surface area (Å²) < 4.78 is 0. The van der Waals surface area contributed by atoms with Crippen molar-refractivity contribution >= 4 is 0 Å². The Kier molecular flexibility index (Phi) is 3.14. The quantitative estimate of drug-likeness (QED) is 0.624. The number of pyridine rings is 2. The van der Waals surface area contributed by atoms with Gasteiger partial charge in [-0.25, -0.2) is 0 Å². The van der Waals surface area contributed by atoms with Crippen LogP contribution in [-0.4, -0.2) is 9.97 Å². The molecule has 1 aliphatic carbocycles. The number of fused-ring (bicyclic) bond motifs is 2. The van der Waals surface area contributed by atoms with Crippen LogP contribution in [0.5, 0.6) is 0 Å². The highest BCUT2D eigenvalue weighted by molar-refractivity contribution is 5.72. The van der Waals surface area contributed by atoms with E-state index in [1.54, 1.807) is 0 Å². The summed E-state index contributed by atoms with van der Waals surface area (Å²) in [5.74, 6) is 0. The van der Waals surface area contributed by atoms with Crippen LogP contribution >= 0.6 is 0 Å². The molecule has 2 aromatic heterocycles. The van der Waals surface area contributed by atoms with E-state index < -0.39 is 0 Å². The predicted octanol–water partition coefficient (Wildman–Crippen LogP) is 5.11. The summed E-state index contributed by atoms with van der Waals surface area (Å²) in [7, 11) is 0. The van der Waals surface area contributed by atoms with E-state index in [-0.39, 0.29) is 10.8 Å². The third-order valence-corrected chi connectivity index (χ3v) is 5.38. The molecule has 0 amide bonds. The molecule has 0 saturated carbocycles. The van der Waals surface area contributed by atoms with Crippen LogP contribution in [0.4, 0.5) is 0 Å². The van der Waals surface area contributed by atoms with Gasteiger partial charge in [0.25, 0.3) is 0 Å². The molecule has 1 aliphatic rings. The van der Waals surface area contributed by atoms with Gasteiger partial charge in [-0.1, -0.05) is 58.0 Å². The average molecular weight is 314 g/mol. The molecule has 3 aromatic rings. The Bertz CT molecular complexity index is 908. The van der Waals surface area contributed by atoms with Crippen molar-refractivity contribution in [1.29, 1.82) is 0 Å². The average Bonchev–Trinajstić information content (AvgIpc) is 2.61. The van der Waals surface area contributed by atoms with Gasteiger partial charge in [0.2, 0.25) is 0 Å². The lowest BCUT2D eigenvalue weighted by molar-refractivity contribution is 0.506. The number of aromatic nitrogens is 2. The second-order valence-corrected chi connectivity index (χ2v) is 7.59. The minimum atomic E-state index is -0.157. The molecule has 24 heavy (non-hydrogen) atoms. The highest BCUT2D eigenvalue weighted by atomic mass is 14.7. The number of rotatable bonds is 1. The Labute approximate surface area is 143 Å². The first kappa shape index (κ1) is 15.1. The van der Waals surface area contributed by atoms with Crippen LogP contribution in [0, 0.1) is 0 Å². The van der Waals surface area contributed by atoms with E-state index in [0.717, 1.165) is 5.69 Å². The Morgan fingerprint density at radius 2 is 1.42 bits per heavy atom. The summed E-state index contributed by atoms with van der Waals surface area (Å²) in [5, 5.41) is 0. The maximum atomic E-state index is 4.78. The van der Waals surface area contributed by atoms with Gasteiger partial charge in [-0.2, -0.15) is 0 Å². The summed E-state index contributed by atoms with van der Waals surface area (Å²) >= 11 is 0. The fraction of sp³-hybridized carbons (Fsp3) is 0.273. The standard InChI is InChI=1S/C22H22N2/c1-21(2)16-10-7-9-15(18-12-5-6-13-23-18)19(16)22(3,4)20-17(21)11-8-14-24-20/h5-14H,1-4H3. The SMILES string of the molecule is CC1(C)c2cccnc2C(C)(C)c2c(-c3ccccn3)cccc21. The molecule has 0 N–H and O–H groups in total. The zero-order valence-electron chi connectivity index (χ0n) is 14.7. The highest BCUT2D eigenvalue weighted by Crippen LogP contribution is 2.51. The highest BCUT2D eigenvalue weighted by Gasteiger charge is 2.43. The molecule has 120 valence electrons. The number of benzene rings is 1. The molecular weight excluding hydrogens is 292 g/mol. The largest absolute Gasteiger partial charge is 0.260 e. The molecule has 2 heterocycles. The maximum absolute atomic E-state index is 4.78. The maximum Gasteiger partial charge on any atom is 0.0705 e. The van der Waals surface area contributed by atoms with E-state index in [4.69, 9.17) is 4.98 Å². The molecule has 0 fully saturated rings. The molecule has 0 bridgehead atoms. The lowest BCUT2D eigenvalue weighted by Gasteiger charge is -2.43. The van der Waals surface area contributed by atoms with Gasteiger partial charge in [0.15, 0.2) is 0 Å². The number of hydrogen-bond acceptors (Lipinski definition) is 2. The van der Waals surface area contributed by atoms with Crippen molar-refractivity contribution in [2.75, 3.05) is 0 Å². The number of nitrogens with zero attached hydrogens (tertiary/aromatic N) is 2. The van der Waals surface area contributed by atoms with Crippen LogP contribution in [0.15, 0.2) is 60.9 Å². The lowest BCUT2D eigenvalue weighted by atomic mass is 9.60. The van der Waals surface area contributed by atoms with Crippen molar-refractivity contribution in [3.8, 4) is 11.3 Å². The summed E-state index contributed by atoms with van der Waals surface area (Å²) in [6.07, 6.45) is 3.77. The normalized spacial score (nSPS) is 17.0. The monoisotopic (exact) mass is 314 g/mol. The van der Waals surface area contributed by atoms with Crippen molar-refractivity contribution in [1.82, 2.24) is 9.97 Å². The summed E-state index contributed by atoms with van der Waals surface area (Å²) in [6, 6.07) is 17.0. The van der Waals surface area contributed by atoms with Gasteiger partial charge in [-0.05, 0) is 34.9 Å². The Hall–Kier alpha value is -2.48. The molecule has 1 aromatic carbocycles. The van der Waals surface area contributed by atoms with Gasteiger partial charge < -0.3 is 0 Å². The Morgan fingerprint density at radius 1 is 0.667 bits per heavy atom. The lowest BCUT2D eigenvalue weighted by Crippen LogP contribution is -2.38. The Balaban J connectivity index is 2.09. The van der Waals surface area contributed by atoms with Crippen LogP contribution in [0.2, 0.25) is 0 Å². The molecular formula is C22H22N2. The number of hydrogen-bond donors (Lipinski definition) is 0. The minimum absolute atomic E-state index is 0.0702. The first-order chi connectivity index (χ1) is 11.4. The van der Waals surface area contributed by atoms with E-state index in [1.807, 2.05) is 24.5 Å². The summed E-state index contributed by atoms with van der Waals surface area (Å²) in [5.41, 5.74) is 7.22. The fourth-order valence-electron chi connectivity index (χ4n) is 4.15. The molecule has 4 rings (SSSR count).